The molecule has 2 heteroatoms. The normalized spacial score (nSPS) is 24.9. The summed E-state index contributed by atoms with van der Waals surface area (Å²) in [4.78, 5) is 0. The summed E-state index contributed by atoms with van der Waals surface area (Å²) < 4.78 is 13.7. The molecule has 1 aliphatic rings. The number of halogens is 1. The largest absolute Gasteiger partial charge is 0.307 e. The van der Waals surface area contributed by atoms with Crippen LogP contribution in [0, 0.1) is 24.6 Å². The molecule has 0 amide bonds. The van der Waals surface area contributed by atoms with Crippen molar-refractivity contribution in [2.45, 2.75) is 65.5 Å². The minimum Gasteiger partial charge on any atom is -0.307 e. The third-order valence-corrected chi connectivity index (χ3v) is 4.84. The van der Waals surface area contributed by atoms with Crippen molar-refractivity contribution in [1.29, 1.82) is 0 Å². The number of hydrogen-bond donors (Lipinski definition) is 1. The van der Waals surface area contributed by atoms with Crippen molar-refractivity contribution in [2.24, 2.45) is 11.8 Å². The molecule has 0 aromatic heterocycles. The van der Waals surface area contributed by atoms with Crippen molar-refractivity contribution in [3.8, 4) is 0 Å². The van der Waals surface area contributed by atoms with Gasteiger partial charge in [0.2, 0.25) is 0 Å². The highest BCUT2D eigenvalue weighted by atomic mass is 19.1. The summed E-state index contributed by atoms with van der Waals surface area (Å²) in [6.07, 6.45) is 5.19. The van der Waals surface area contributed by atoms with Crippen LogP contribution in [-0.4, -0.2) is 6.04 Å². The summed E-state index contributed by atoms with van der Waals surface area (Å²) in [6.45, 7) is 8.60. The lowest BCUT2D eigenvalue weighted by atomic mass is 9.79. The lowest BCUT2D eigenvalue weighted by molar-refractivity contribution is 0.223. The van der Waals surface area contributed by atoms with Gasteiger partial charge in [0.15, 0.2) is 0 Å². The van der Waals surface area contributed by atoms with Crippen LogP contribution in [0.15, 0.2) is 18.2 Å². The lowest BCUT2D eigenvalue weighted by Gasteiger charge is -2.34. The van der Waals surface area contributed by atoms with E-state index in [0.717, 1.165) is 23.0 Å². The van der Waals surface area contributed by atoms with Gasteiger partial charge in [-0.3, -0.25) is 0 Å². The molecule has 0 heterocycles. The van der Waals surface area contributed by atoms with E-state index in [2.05, 4.69) is 26.1 Å². The molecular formula is C18H28FN. The van der Waals surface area contributed by atoms with E-state index in [4.69, 9.17) is 0 Å². The van der Waals surface area contributed by atoms with Crippen LogP contribution in [0.3, 0.4) is 0 Å². The Labute approximate surface area is 123 Å². The minimum absolute atomic E-state index is 0.0974. The molecule has 1 saturated carbocycles. The van der Waals surface area contributed by atoms with Gasteiger partial charge in [0.1, 0.15) is 5.82 Å². The van der Waals surface area contributed by atoms with E-state index in [1.165, 1.54) is 25.7 Å². The fraction of sp³-hybridized carbons (Fsp3) is 0.667. The third kappa shape index (κ3) is 3.82. The quantitative estimate of drug-likeness (QED) is 0.816. The first kappa shape index (κ1) is 15.5. The van der Waals surface area contributed by atoms with E-state index in [1.807, 2.05) is 19.1 Å². The Morgan fingerprint density at radius 2 is 1.95 bits per heavy atom. The summed E-state index contributed by atoms with van der Waals surface area (Å²) in [5, 5.41) is 3.70. The van der Waals surface area contributed by atoms with Crippen molar-refractivity contribution < 1.29 is 4.39 Å². The average molecular weight is 277 g/mol. The van der Waals surface area contributed by atoms with Gasteiger partial charge in [0.25, 0.3) is 0 Å². The highest BCUT2D eigenvalue weighted by Crippen LogP contribution is 2.31. The van der Waals surface area contributed by atoms with Gasteiger partial charge in [-0.15, -0.1) is 0 Å². The van der Waals surface area contributed by atoms with Crippen LogP contribution in [0.2, 0.25) is 0 Å². The molecule has 1 nitrogen and oxygen atoms in total. The minimum atomic E-state index is -0.0974. The Hall–Kier alpha value is -0.890. The van der Waals surface area contributed by atoms with Crippen LogP contribution in [0.4, 0.5) is 4.39 Å². The Balaban J connectivity index is 1.96. The van der Waals surface area contributed by atoms with Crippen molar-refractivity contribution in [2.75, 3.05) is 0 Å². The predicted octanol–water partition coefficient (Wildman–Crippen LogP) is 5.00. The van der Waals surface area contributed by atoms with E-state index in [1.54, 1.807) is 6.07 Å². The molecule has 0 aliphatic heterocycles. The van der Waals surface area contributed by atoms with E-state index in [0.29, 0.717) is 6.04 Å². The fourth-order valence-electron chi connectivity index (χ4n) is 3.31. The summed E-state index contributed by atoms with van der Waals surface area (Å²) in [7, 11) is 0. The Bertz CT molecular complexity index is 441. The summed E-state index contributed by atoms with van der Waals surface area (Å²) in [5.74, 6) is 1.51. The van der Waals surface area contributed by atoms with Crippen molar-refractivity contribution >= 4 is 0 Å². The standard InChI is InChI=1S/C18H28FN/c1-12(2)15-6-5-7-17(10-15)20-14(4)16-9-8-13(3)18(19)11-16/h8-9,11-12,14-15,17,20H,5-7,10H2,1-4H3. The Morgan fingerprint density at radius 3 is 2.60 bits per heavy atom. The molecule has 1 aromatic rings. The van der Waals surface area contributed by atoms with Crippen LogP contribution in [-0.2, 0) is 0 Å². The Morgan fingerprint density at radius 1 is 1.20 bits per heavy atom. The molecule has 1 N–H and O–H groups in total. The average Bonchev–Trinajstić information content (AvgIpc) is 2.42. The second kappa shape index (κ2) is 6.71. The van der Waals surface area contributed by atoms with Crippen LogP contribution in [0.25, 0.3) is 0 Å². The molecule has 0 spiro atoms. The number of hydrogen-bond acceptors (Lipinski definition) is 1. The molecule has 0 radical (unpaired) electrons. The van der Waals surface area contributed by atoms with Gasteiger partial charge < -0.3 is 5.32 Å². The molecule has 0 bridgehead atoms. The molecule has 112 valence electrons. The monoisotopic (exact) mass is 277 g/mol. The first-order valence-corrected chi connectivity index (χ1v) is 7.99. The molecule has 0 saturated heterocycles. The van der Waals surface area contributed by atoms with E-state index < -0.39 is 0 Å². The second-order valence-corrected chi connectivity index (χ2v) is 6.76. The molecule has 1 fully saturated rings. The van der Waals surface area contributed by atoms with Gasteiger partial charge in [-0.2, -0.15) is 0 Å². The molecule has 2 rings (SSSR count). The molecular weight excluding hydrogens is 249 g/mol. The third-order valence-electron chi connectivity index (χ3n) is 4.84. The SMILES string of the molecule is Cc1ccc(C(C)NC2CCCC(C(C)C)C2)cc1F. The molecule has 1 aromatic carbocycles. The van der Waals surface area contributed by atoms with Gasteiger partial charge in [-0.25, -0.2) is 4.39 Å². The van der Waals surface area contributed by atoms with Crippen LogP contribution in [0.5, 0.6) is 0 Å². The second-order valence-electron chi connectivity index (χ2n) is 6.76. The smallest absolute Gasteiger partial charge is 0.126 e. The van der Waals surface area contributed by atoms with Crippen LogP contribution >= 0.6 is 0 Å². The first-order valence-electron chi connectivity index (χ1n) is 7.99. The zero-order valence-electron chi connectivity index (χ0n) is 13.2. The topological polar surface area (TPSA) is 12.0 Å². The number of benzene rings is 1. The maximum atomic E-state index is 13.7. The van der Waals surface area contributed by atoms with Gasteiger partial charge in [-0.05, 0) is 55.7 Å². The van der Waals surface area contributed by atoms with Crippen LogP contribution in [0.1, 0.15) is 63.6 Å². The highest BCUT2D eigenvalue weighted by molar-refractivity contribution is 5.25. The number of rotatable bonds is 4. The zero-order valence-corrected chi connectivity index (χ0v) is 13.2. The molecule has 1 aliphatic carbocycles. The fourth-order valence-corrected chi connectivity index (χ4v) is 3.31. The van der Waals surface area contributed by atoms with E-state index in [9.17, 15) is 4.39 Å². The van der Waals surface area contributed by atoms with Crippen molar-refractivity contribution in [3.63, 3.8) is 0 Å². The predicted molar refractivity (Wildman–Crippen MR) is 83.3 cm³/mol. The highest BCUT2D eigenvalue weighted by Gasteiger charge is 2.25. The van der Waals surface area contributed by atoms with E-state index >= 15 is 0 Å². The first-order chi connectivity index (χ1) is 9.47. The van der Waals surface area contributed by atoms with Gasteiger partial charge in [0, 0.05) is 12.1 Å². The van der Waals surface area contributed by atoms with Gasteiger partial charge >= 0.3 is 0 Å². The Kier molecular flexibility index (Phi) is 5.20. The molecule has 3 atom stereocenters. The van der Waals surface area contributed by atoms with Gasteiger partial charge in [-0.1, -0.05) is 38.8 Å². The number of aryl methyl sites for hydroxylation is 1. The summed E-state index contributed by atoms with van der Waals surface area (Å²) in [5.41, 5.74) is 1.78. The molecule has 20 heavy (non-hydrogen) atoms. The zero-order chi connectivity index (χ0) is 14.7. The number of nitrogens with one attached hydrogen (secondary N) is 1. The van der Waals surface area contributed by atoms with Crippen molar-refractivity contribution in [1.82, 2.24) is 5.32 Å². The van der Waals surface area contributed by atoms with Crippen molar-refractivity contribution in [3.05, 3.63) is 35.1 Å². The molecule has 3 unspecified atom stereocenters. The van der Waals surface area contributed by atoms with Crippen LogP contribution < -0.4 is 5.32 Å². The van der Waals surface area contributed by atoms with Gasteiger partial charge in [0.05, 0.1) is 0 Å². The maximum absolute atomic E-state index is 13.7. The maximum Gasteiger partial charge on any atom is 0.126 e. The lowest BCUT2D eigenvalue weighted by Crippen LogP contribution is -2.37. The summed E-state index contributed by atoms with van der Waals surface area (Å²) >= 11 is 0. The summed E-state index contributed by atoms with van der Waals surface area (Å²) in [6, 6.07) is 6.39. The van der Waals surface area contributed by atoms with E-state index in [-0.39, 0.29) is 11.9 Å².